The molecule has 0 aromatic heterocycles. The molecule has 0 aliphatic heterocycles. The molecule has 0 aliphatic carbocycles. The number of rotatable bonds is 9. The molecule has 1 N–H and O–H groups in total. The highest BCUT2D eigenvalue weighted by Gasteiger charge is 2.43. The van der Waals surface area contributed by atoms with Crippen molar-refractivity contribution in [1.82, 2.24) is 0 Å². The van der Waals surface area contributed by atoms with Gasteiger partial charge in [-0.05, 0) is 19.4 Å². The molecule has 1 unspecified atom stereocenters. The van der Waals surface area contributed by atoms with E-state index in [4.69, 9.17) is 4.74 Å². The number of aliphatic hydroxyl groups is 1. The zero-order chi connectivity index (χ0) is 20.7. The van der Waals surface area contributed by atoms with Crippen LogP contribution in [0.4, 0.5) is 0 Å². The van der Waals surface area contributed by atoms with E-state index in [-0.39, 0.29) is 12.8 Å². The van der Waals surface area contributed by atoms with E-state index in [9.17, 15) is 14.7 Å². The monoisotopic (exact) mass is 376 g/mol. The maximum atomic E-state index is 12.7. The lowest BCUT2D eigenvalue weighted by Gasteiger charge is -2.31. The van der Waals surface area contributed by atoms with Gasteiger partial charge in [0.15, 0.2) is 5.78 Å². The van der Waals surface area contributed by atoms with Crippen molar-refractivity contribution in [2.75, 3.05) is 7.11 Å². The highest BCUT2D eigenvalue weighted by Crippen LogP contribution is 2.29. The molecule has 1 aromatic rings. The van der Waals surface area contributed by atoms with Crippen LogP contribution in [0.1, 0.15) is 53.0 Å². The first kappa shape index (κ1) is 23.1. The summed E-state index contributed by atoms with van der Waals surface area (Å²) in [4.78, 5) is 24.4. The molecule has 0 saturated heterocycles. The molecule has 0 aliphatic rings. The second kappa shape index (κ2) is 9.29. The Kier molecular flexibility index (Phi) is 7.93. The molecule has 150 valence electrons. The molecule has 5 heteroatoms. The minimum atomic E-state index is -1.81. The van der Waals surface area contributed by atoms with Crippen molar-refractivity contribution in [3.63, 3.8) is 0 Å². The van der Waals surface area contributed by atoms with Gasteiger partial charge in [0.05, 0.1) is 25.7 Å². The molecule has 0 bridgehead atoms. The normalized spacial score (nSPS) is 14.8. The highest BCUT2D eigenvalue weighted by molar-refractivity contribution is 5.94. The lowest BCUT2D eigenvalue weighted by Crippen LogP contribution is -2.47. The van der Waals surface area contributed by atoms with Crippen molar-refractivity contribution in [3.05, 3.63) is 48.0 Å². The second-order valence-electron chi connectivity index (χ2n) is 8.35. The SMILES string of the molecule is COC(=O)CC(O)(C/C=C/C(C)(C)OCc1ccccc1)C(=O)C(C)(C)C. The van der Waals surface area contributed by atoms with E-state index >= 15 is 0 Å². The van der Waals surface area contributed by atoms with Crippen LogP contribution in [0.2, 0.25) is 0 Å². The second-order valence-corrected chi connectivity index (χ2v) is 8.35. The number of ketones is 1. The fourth-order valence-corrected chi connectivity index (χ4v) is 2.68. The zero-order valence-corrected chi connectivity index (χ0v) is 17.2. The largest absolute Gasteiger partial charge is 0.469 e. The van der Waals surface area contributed by atoms with Gasteiger partial charge in [0, 0.05) is 11.8 Å². The number of Topliss-reactive ketones (excluding diaryl/α,β-unsaturated/α-hetero) is 1. The van der Waals surface area contributed by atoms with Crippen molar-refractivity contribution < 1.29 is 24.2 Å². The molecule has 1 atom stereocenters. The number of carbonyl (C=O) groups excluding carboxylic acids is 2. The van der Waals surface area contributed by atoms with Crippen molar-refractivity contribution in [2.24, 2.45) is 5.41 Å². The van der Waals surface area contributed by atoms with E-state index in [0.29, 0.717) is 6.61 Å². The number of esters is 1. The van der Waals surface area contributed by atoms with Gasteiger partial charge < -0.3 is 14.6 Å². The average Bonchev–Trinajstić information content (AvgIpc) is 2.59. The van der Waals surface area contributed by atoms with Crippen LogP contribution in [0.15, 0.2) is 42.5 Å². The molecule has 0 saturated carbocycles. The Morgan fingerprint density at radius 3 is 2.19 bits per heavy atom. The van der Waals surface area contributed by atoms with Gasteiger partial charge >= 0.3 is 5.97 Å². The molecule has 5 nitrogen and oxygen atoms in total. The summed E-state index contributed by atoms with van der Waals surface area (Å²) in [6.45, 7) is 9.40. The molecule has 0 fully saturated rings. The molecule has 1 aromatic carbocycles. The Hall–Kier alpha value is -1.98. The first-order chi connectivity index (χ1) is 12.4. The van der Waals surface area contributed by atoms with Gasteiger partial charge in [0.25, 0.3) is 0 Å². The molecule has 1 rings (SSSR count). The number of hydrogen-bond acceptors (Lipinski definition) is 5. The molecule has 0 amide bonds. The Bertz CT molecular complexity index is 655. The molecule has 0 heterocycles. The number of hydrogen-bond donors (Lipinski definition) is 1. The fourth-order valence-electron chi connectivity index (χ4n) is 2.68. The van der Waals surface area contributed by atoms with Crippen molar-refractivity contribution in [1.29, 1.82) is 0 Å². The van der Waals surface area contributed by atoms with Crippen LogP contribution in [-0.2, 0) is 25.7 Å². The third-order valence-corrected chi connectivity index (χ3v) is 4.20. The third-order valence-electron chi connectivity index (χ3n) is 4.20. The minimum absolute atomic E-state index is 0.0102. The lowest BCUT2D eigenvalue weighted by molar-refractivity contribution is -0.157. The molecule has 27 heavy (non-hydrogen) atoms. The van der Waals surface area contributed by atoms with Crippen LogP contribution in [0.25, 0.3) is 0 Å². The van der Waals surface area contributed by atoms with Gasteiger partial charge in [0.1, 0.15) is 5.60 Å². The fraction of sp³-hybridized carbons (Fsp3) is 0.545. The Morgan fingerprint density at radius 2 is 1.67 bits per heavy atom. The summed E-state index contributed by atoms with van der Waals surface area (Å²) >= 11 is 0. The first-order valence-corrected chi connectivity index (χ1v) is 9.09. The Balaban J connectivity index is 2.82. The molecule has 0 radical (unpaired) electrons. The summed E-state index contributed by atoms with van der Waals surface area (Å²) < 4.78 is 10.6. The van der Waals surface area contributed by atoms with Gasteiger partial charge in [-0.25, -0.2) is 0 Å². The van der Waals surface area contributed by atoms with Gasteiger partial charge in [-0.1, -0.05) is 63.3 Å². The summed E-state index contributed by atoms with van der Waals surface area (Å²) in [5.74, 6) is -1.02. The minimum Gasteiger partial charge on any atom is -0.469 e. The highest BCUT2D eigenvalue weighted by atomic mass is 16.5. The van der Waals surface area contributed by atoms with Crippen molar-refractivity contribution in [2.45, 2.75) is 65.3 Å². The number of benzene rings is 1. The first-order valence-electron chi connectivity index (χ1n) is 9.09. The van der Waals surface area contributed by atoms with Crippen LogP contribution in [0.3, 0.4) is 0 Å². The predicted molar refractivity (Wildman–Crippen MR) is 105 cm³/mol. The predicted octanol–water partition coefficient (Wildman–Crippen LogP) is 3.84. The van der Waals surface area contributed by atoms with Gasteiger partial charge in [-0.3, -0.25) is 9.59 Å². The van der Waals surface area contributed by atoms with Crippen LogP contribution in [0.5, 0.6) is 0 Å². The molecular weight excluding hydrogens is 344 g/mol. The topological polar surface area (TPSA) is 72.8 Å². The average molecular weight is 376 g/mol. The zero-order valence-electron chi connectivity index (χ0n) is 17.2. The van der Waals surface area contributed by atoms with E-state index in [2.05, 4.69) is 4.74 Å². The third kappa shape index (κ3) is 7.65. The summed E-state index contributed by atoms with van der Waals surface area (Å²) in [7, 11) is 1.24. The van der Waals surface area contributed by atoms with Gasteiger partial charge in [0.2, 0.25) is 0 Å². The molecule has 0 spiro atoms. The van der Waals surface area contributed by atoms with E-state index in [1.54, 1.807) is 32.9 Å². The van der Waals surface area contributed by atoms with Crippen LogP contribution in [0, 0.1) is 5.41 Å². The van der Waals surface area contributed by atoms with Crippen molar-refractivity contribution in [3.8, 4) is 0 Å². The van der Waals surface area contributed by atoms with Crippen molar-refractivity contribution >= 4 is 11.8 Å². The van der Waals surface area contributed by atoms with E-state index in [1.807, 2.05) is 44.2 Å². The molecular formula is C22H32O5. The summed E-state index contributed by atoms with van der Waals surface area (Å²) in [6.07, 6.45) is 3.12. The standard InChI is InChI=1S/C22H32O5/c1-20(2,3)19(24)22(25,15-18(23)26-6)14-10-13-21(4,5)27-16-17-11-8-7-9-12-17/h7-13,25H,14-16H2,1-6H3/b13-10+. The van der Waals surface area contributed by atoms with Crippen LogP contribution >= 0.6 is 0 Å². The van der Waals surface area contributed by atoms with Gasteiger partial charge in [-0.15, -0.1) is 0 Å². The smallest absolute Gasteiger partial charge is 0.308 e. The summed E-state index contributed by atoms with van der Waals surface area (Å²) in [5.41, 5.74) is -2.12. The van der Waals surface area contributed by atoms with Crippen LogP contribution in [-0.4, -0.2) is 35.2 Å². The van der Waals surface area contributed by atoms with E-state index < -0.39 is 28.4 Å². The summed E-state index contributed by atoms with van der Waals surface area (Å²) in [6, 6.07) is 9.82. The Morgan fingerprint density at radius 1 is 1.07 bits per heavy atom. The van der Waals surface area contributed by atoms with E-state index in [1.165, 1.54) is 7.11 Å². The maximum Gasteiger partial charge on any atom is 0.308 e. The number of methoxy groups -OCH3 is 1. The number of ether oxygens (including phenoxy) is 2. The Labute approximate surface area is 162 Å². The maximum absolute atomic E-state index is 12.7. The van der Waals surface area contributed by atoms with Crippen LogP contribution < -0.4 is 0 Å². The summed E-state index contributed by atoms with van der Waals surface area (Å²) in [5, 5.41) is 10.9. The number of carbonyl (C=O) groups is 2. The quantitative estimate of drug-likeness (QED) is 0.524. The lowest BCUT2D eigenvalue weighted by atomic mass is 9.76. The van der Waals surface area contributed by atoms with Gasteiger partial charge in [-0.2, -0.15) is 0 Å². The van der Waals surface area contributed by atoms with E-state index in [0.717, 1.165) is 5.56 Å².